The number of alkyl halides is 3. The lowest BCUT2D eigenvalue weighted by Crippen LogP contribution is -2.25. The highest BCUT2D eigenvalue weighted by atomic mass is 32.2. The number of thiazole rings is 1. The summed E-state index contributed by atoms with van der Waals surface area (Å²) in [6.07, 6.45) is -3.09. The summed E-state index contributed by atoms with van der Waals surface area (Å²) in [5, 5.41) is 26.6. The van der Waals surface area contributed by atoms with Gasteiger partial charge in [0.1, 0.15) is 0 Å². The van der Waals surface area contributed by atoms with Crippen LogP contribution >= 0.6 is 23.1 Å². The summed E-state index contributed by atoms with van der Waals surface area (Å²) in [6, 6.07) is 8.50. The zero-order valence-electron chi connectivity index (χ0n) is 19.9. The molecule has 0 aliphatic rings. The minimum atomic E-state index is -4.61. The van der Waals surface area contributed by atoms with Crippen LogP contribution in [-0.2, 0) is 17.5 Å². The van der Waals surface area contributed by atoms with Crippen molar-refractivity contribution in [1.29, 1.82) is 0 Å². The van der Waals surface area contributed by atoms with Crippen LogP contribution in [0.2, 0.25) is 0 Å². The van der Waals surface area contributed by atoms with Gasteiger partial charge in [0.2, 0.25) is 5.91 Å². The number of amides is 2. The Bertz CT molecular complexity index is 1520. The van der Waals surface area contributed by atoms with Gasteiger partial charge in [0.15, 0.2) is 16.1 Å². The number of hydrogen-bond donors (Lipinski definition) is 2. The first-order valence-corrected chi connectivity index (χ1v) is 12.9. The van der Waals surface area contributed by atoms with Gasteiger partial charge in [-0.15, -0.1) is 21.5 Å². The molecule has 0 fully saturated rings. The van der Waals surface area contributed by atoms with Crippen molar-refractivity contribution in [3.63, 3.8) is 0 Å². The number of hydrogen-bond acceptors (Lipinski definition) is 9. The first kappa shape index (κ1) is 27.7. The zero-order chi connectivity index (χ0) is 28.2. The van der Waals surface area contributed by atoms with Gasteiger partial charge < -0.3 is 10.6 Å². The van der Waals surface area contributed by atoms with Crippen LogP contribution in [0.5, 0.6) is 0 Å². The third-order valence-corrected chi connectivity index (χ3v) is 6.91. The second kappa shape index (κ2) is 11.6. The monoisotopic (exact) mass is 577 g/mol. The molecule has 0 atom stereocenters. The molecule has 2 aromatic heterocycles. The van der Waals surface area contributed by atoms with Crippen LogP contribution in [-0.4, -0.2) is 42.2 Å². The maximum absolute atomic E-state index is 13.4. The lowest BCUT2D eigenvalue weighted by molar-refractivity contribution is -0.385. The Labute approximate surface area is 226 Å². The molecule has 11 nitrogen and oxygen atoms in total. The summed E-state index contributed by atoms with van der Waals surface area (Å²) in [5.41, 5.74) is -0.865. The molecule has 2 N–H and O–H groups in total. The van der Waals surface area contributed by atoms with Crippen molar-refractivity contribution in [1.82, 2.24) is 25.1 Å². The van der Waals surface area contributed by atoms with Gasteiger partial charge in [0.25, 0.3) is 11.6 Å². The standard InChI is InChI=1S/C23H18F3N7O4S2/c1-13-16(6-3-7-17(13)33(36)37)20(35)28-11-18-30-31-22(39-12-19(34)29-21-27-8-9-38-21)32(18)15-5-2-4-14(10-15)23(24,25)26/h2-10H,11-12H2,1H3,(H,28,35)(H,27,29,34). The van der Waals surface area contributed by atoms with E-state index in [9.17, 15) is 32.9 Å². The summed E-state index contributed by atoms with van der Waals surface area (Å²) >= 11 is 2.15. The van der Waals surface area contributed by atoms with Gasteiger partial charge in [-0.2, -0.15) is 13.2 Å². The molecule has 0 aliphatic heterocycles. The van der Waals surface area contributed by atoms with Gasteiger partial charge in [-0.3, -0.25) is 24.3 Å². The number of carbonyl (C=O) groups is 2. The summed E-state index contributed by atoms with van der Waals surface area (Å²) in [4.78, 5) is 39.7. The summed E-state index contributed by atoms with van der Waals surface area (Å²) in [6.45, 7) is 1.17. The van der Waals surface area contributed by atoms with Crippen molar-refractivity contribution in [3.8, 4) is 5.69 Å². The first-order valence-electron chi connectivity index (χ1n) is 11.0. The molecule has 16 heteroatoms. The lowest BCUT2D eigenvalue weighted by Gasteiger charge is -2.14. The molecule has 0 unspecified atom stereocenters. The Morgan fingerprint density at radius 3 is 2.64 bits per heavy atom. The van der Waals surface area contributed by atoms with E-state index in [2.05, 4.69) is 25.8 Å². The van der Waals surface area contributed by atoms with Crippen LogP contribution in [0.3, 0.4) is 0 Å². The van der Waals surface area contributed by atoms with Gasteiger partial charge in [0.05, 0.1) is 28.5 Å². The van der Waals surface area contributed by atoms with Crippen molar-refractivity contribution in [2.24, 2.45) is 0 Å². The highest BCUT2D eigenvalue weighted by Crippen LogP contribution is 2.32. The first-order chi connectivity index (χ1) is 18.5. The van der Waals surface area contributed by atoms with Crippen molar-refractivity contribution in [2.75, 3.05) is 11.1 Å². The van der Waals surface area contributed by atoms with E-state index >= 15 is 0 Å². The van der Waals surface area contributed by atoms with Gasteiger partial charge >= 0.3 is 6.18 Å². The number of nitro groups is 1. The number of rotatable bonds is 9. The average molecular weight is 578 g/mol. The normalized spacial score (nSPS) is 11.3. The maximum atomic E-state index is 13.4. The van der Waals surface area contributed by atoms with E-state index in [1.165, 1.54) is 59.4 Å². The molecule has 0 aliphatic carbocycles. The fourth-order valence-electron chi connectivity index (χ4n) is 3.48. The van der Waals surface area contributed by atoms with E-state index in [1.54, 1.807) is 5.38 Å². The molecule has 2 aromatic carbocycles. The zero-order valence-corrected chi connectivity index (χ0v) is 21.6. The molecule has 4 rings (SSSR count). The molecule has 202 valence electrons. The van der Waals surface area contributed by atoms with Crippen molar-refractivity contribution < 1.29 is 27.7 Å². The third kappa shape index (κ3) is 6.58. The Kier molecular flexibility index (Phi) is 8.25. The minimum absolute atomic E-state index is 0.0581. The molecule has 2 amide bonds. The molecule has 0 saturated carbocycles. The Morgan fingerprint density at radius 1 is 1.18 bits per heavy atom. The van der Waals surface area contributed by atoms with E-state index in [0.717, 1.165) is 23.9 Å². The van der Waals surface area contributed by atoms with Crippen molar-refractivity contribution in [3.05, 3.63) is 86.7 Å². The Balaban J connectivity index is 1.60. The minimum Gasteiger partial charge on any atom is -0.345 e. The number of nitro benzene ring substituents is 1. The quantitative estimate of drug-likeness (QED) is 0.167. The maximum Gasteiger partial charge on any atom is 0.416 e. The topological polar surface area (TPSA) is 145 Å². The molecule has 0 bridgehead atoms. The van der Waals surface area contributed by atoms with Crippen LogP contribution in [0.25, 0.3) is 5.69 Å². The van der Waals surface area contributed by atoms with Gasteiger partial charge in [0, 0.05) is 28.8 Å². The molecular formula is C23H18F3N7O4S2. The summed E-state index contributed by atoms with van der Waals surface area (Å²) in [7, 11) is 0. The van der Waals surface area contributed by atoms with Crippen LogP contribution in [0, 0.1) is 17.0 Å². The SMILES string of the molecule is Cc1c(C(=O)NCc2nnc(SCC(=O)Nc3nccs3)n2-c2cccc(C(F)(F)F)c2)cccc1[N+](=O)[O-]. The Hall–Kier alpha value is -4.31. The van der Waals surface area contributed by atoms with Crippen molar-refractivity contribution >= 4 is 45.7 Å². The molecule has 0 saturated heterocycles. The van der Waals surface area contributed by atoms with E-state index in [0.29, 0.717) is 5.13 Å². The second-order valence-electron chi connectivity index (χ2n) is 7.85. The number of carbonyl (C=O) groups excluding carboxylic acids is 2. The van der Waals surface area contributed by atoms with Crippen LogP contribution in [0.4, 0.5) is 24.0 Å². The van der Waals surface area contributed by atoms with E-state index in [4.69, 9.17) is 0 Å². The van der Waals surface area contributed by atoms with Crippen LogP contribution in [0.1, 0.15) is 27.3 Å². The predicted molar refractivity (Wildman–Crippen MR) is 137 cm³/mol. The van der Waals surface area contributed by atoms with Gasteiger partial charge in [-0.05, 0) is 31.2 Å². The second-order valence-corrected chi connectivity index (χ2v) is 9.68. The van der Waals surface area contributed by atoms with E-state index in [1.807, 2.05) is 0 Å². The largest absolute Gasteiger partial charge is 0.416 e. The van der Waals surface area contributed by atoms with E-state index < -0.39 is 28.5 Å². The number of benzene rings is 2. The highest BCUT2D eigenvalue weighted by molar-refractivity contribution is 7.99. The molecule has 2 heterocycles. The highest BCUT2D eigenvalue weighted by Gasteiger charge is 2.31. The van der Waals surface area contributed by atoms with Gasteiger partial charge in [-0.25, -0.2) is 4.98 Å². The number of anilines is 1. The number of aromatic nitrogens is 4. The molecule has 4 aromatic rings. The van der Waals surface area contributed by atoms with Crippen LogP contribution < -0.4 is 10.6 Å². The molecule has 0 spiro atoms. The molecular weight excluding hydrogens is 559 g/mol. The fourth-order valence-corrected chi connectivity index (χ4v) is 4.80. The van der Waals surface area contributed by atoms with Gasteiger partial charge in [-0.1, -0.05) is 23.9 Å². The fraction of sp³-hybridized carbons (Fsp3) is 0.174. The average Bonchev–Trinajstić information content (AvgIpc) is 3.55. The molecule has 0 radical (unpaired) electrons. The van der Waals surface area contributed by atoms with E-state index in [-0.39, 0.29) is 45.8 Å². The lowest BCUT2D eigenvalue weighted by atomic mass is 10.1. The number of halogens is 3. The number of thioether (sulfide) groups is 1. The molecule has 39 heavy (non-hydrogen) atoms. The smallest absolute Gasteiger partial charge is 0.345 e. The summed E-state index contributed by atoms with van der Waals surface area (Å²) in [5.74, 6) is -1.12. The Morgan fingerprint density at radius 2 is 1.95 bits per heavy atom. The third-order valence-electron chi connectivity index (χ3n) is 5.30. The van der Waals surface area contributed by atoms with Crippen LogP contribution in [0.15, 0.2) is 59.2 Å². The summed E-state index contributed by atoms with van der Waals surface area (Å²) < 4.78 is 41.5. The number of nitrogens with one attached hydrogen (secondary N) is 2. The number of nitrogens with zero attached hydrogens (tertiary/aromatic N) is 5. The predicted octanol–water partition coefficient (Wildman–Crippen LogP) is 4.62. The van der Waals surface area contributed by atoms with Crippen molar-refractivity contribution in [2.45, 2.75) is 24.8 Å².